The Hall–Kier alpha value is -4.24. The van der Waals surface area contributed by atoms with Crippen LogP contribution in [0.25, 0.3) is 0 Å². The minimum absolute atomic E-state index is 0.0668. The minimum atomic E-state index is -1.01. The molecule has 302 valence electrons. The first-order valence-corrected chi connectivity index (χ1v) is 19.7. The van der Waals surface area contributed by atoms with E-state index in [4.69, 9.17) is 10.5 Å². The third-order valence-electron chi connectivity index (χ3n) is 9.68. The van der Waals surface area contributed by atoms with Gasteiger partial charge in [0.2, 0.25) is 11.8 Å². The Bertz CT molecular complexity index is 1550. The first kappa shape index (κ1) is 45.9. The first-order valence-electron chi connectivity index (χ1n) is 18.8. The van der Waals surface area contributed by atoms with Crippen molar-refractivity contribution in [2.24, 2.45) is 17.8 Å². The molecule has 1 aromatic heterocycles. The number of unbranched alkanes of at least 4 members (excludes halogenated alkanes) is 2. The molecule has 15 heteroatoms. The molecule has 0 aliphatic rings. The Labute approximate surface area is 324 Å². The first-order chi connectivity index (χ1) is 25.3. The summed E-state index contributed by atoms with van der Waals surface area (Å²) in [7, 11) is 5.73. The van der Waals surface area contributed by atoms with E-state index in [1.807, 2.05) is 41.8 Å². The lowest BCUT2D eigenvalue weighted by Gasteiger charge is -2.37. The number of nitrogens with one attached hydrogen (secondary N) is 2. The van der Waals surface area contributed by atoms with Crippen molar-refractivity contribution in [2.75, 3.05) is 33.4 Å². The van der Waals surface area contributed by atoms with E-state index < -0.39 is 48.0 Å². The molecule has 6 atom stereocenters. The molecule has 0 bridgehead atoms. The maximum Gasteiger partial charge on any atom is 0.306 e. The van der Waals surface area contributed by atoms with Crippen molar-refractivity contribution in [1.82, 2.24) is 25.4 Å². The van der Waals surface area contributed by atoms with Crippen LogP contribution in [-0.2, 0) is 30.3 Å². The van der Waals surface area contributed by atoms with Crippen LogP contribution in [-0.4, -0.2) is 100 Å². The number of rotatable bonds is 23. The van der Waals surface area contributed by atoms with Crippen LogP contribution in [0.5, 0.6) is 5.75 Å². The molecule has 0 aliphatic heterocycles. The van der Waals surface area contributed by atoms with Crippen LogP contribution < -0.4 is 16.4 Å². The number of nitrogens with two attached hydrogens (primary N) is 1. The molecule has 0 aliphatic carbocycles. The van der Waals surface area contributed by atoms with Crippen LogP contribution in [0.15, 0.2) is 23.6 Å². The van der Waals surface area contributed by atoms with E-state index in [9.17, 15) is 34.2 Å². The highest BCUT2D eigenvalue weighted by molar-refractivity contribution is 7.09. The summed E-state index contributed by atoms with van der Waals surface area (Å²) < 4.78 is 5.74. The summed E-state index contributed by atoms with van der Waals surface area (Å²) in [5, 5.41) is 27.2. The number of hydrogen-bond acceptors (Lipinski definition) is 11. The zero-order chi connectivity index (χ0) is 40.7. The van der Waals surface area contributed by atoms with Gasteiger partial charge in [-0.2, -0.15) is 0 Å². The van der Waals surface area contributed by atoms with E-state index in [0.29, 0.717) is 23.4 Å². The van der Waals surface area contributed by atoms with Crippen LogP contribution >= 0.6 is 11.3 Å². The second-order valence-electron chi connectivity index (χ2n) is 15.0. The maximum absolute atomic E-state index is 14.1. The van der Waals surface area contributed by atoms with Gasteiger partial charge in [-0.1, -0.05) is 53.5 Å². The van der Waals surface area contributed by atoms with E-state index in [-0.39, 0.29) is 60.0 Å². The summed E-state index contributed by atoms with van der Waals surface area (Å²) in [6.07, 6.45) is 3.36. The average molecular weight is 775 g/mol. The van der Waals surface area contributed by atoms with E-state index in [1.165, 1.54) is 13.0 Å². The molecule has 6 N–H and O–H groups in total. The number of aromatic hydroxyl groups is 1. The molecule has 0 spiro atoms. The predicted octanol–water partition coefficient (Wildman–Crippen LogP) is 5.01. The smallest absolute Gasteiger partial charge is 0.306 e. The van der Waals surface area contributed by atoms with Crippen molar-refractivity contribution in [2.45, 2.75) is 117 Å². The Morgan fingerprint density at radius 3 is 2.26 bits per heavy atom. The van der Waals surface area contributed by atoms with E-state index in [1.54, 1.807) is 36.4 Å². The van der Waals surface area contributed by atoms with Gasteiger partial charge in [0.25, 0.3) is 5.91 Å². The number of nitrogen functional groups attached to an aromatic ring is 1. The average Bonchev–Trinajstić information content (AvgIpc) is 3.59. The van der Waals surface area contributed by atoms with E-state index in [2.05, 4.69) is 20.5 Å². The number of hydrogen-bond donors (Lipinski definition) is 5. The van der Waals surface area contributed by atoms with Gasteiger partial charge in [-0.3, -0.25) is 24.0 Å². The fraction of sp³-hybridized carbons (Fsp3) is 0.641. The minimum Gasteiger partial charge on any atom is -0.506 e. The number of benzene rings is 1. The third kappa shape index (κ3) is 14.9. The van der Waals surface area contributed by atoms with Gasteiger partial charge in [0.1, 0.15) is 22.5 Å². The third-order valence-corrected chi connectivity index (χ3v) is 10.6. The number of likely N-dealkylation sites (N-methyl/N-ethyl adjacent to an activating group) is 1. The van der Waals surface area contributed by atoms with Gasteiger partial charge in [-0.15, -0.1) is 11.3 Å². The van der Waals surface area contributed by atoms with Crippen molar-refractivity contribution >= 4 is 46.7 Å². The van der Waals surface area contributed by atoms with Gasteiger partial charge >= 0.3 is 11.9 Å². The number of carboxylic acids is 1. The number of ether oxygens (including phenoxy) is 1. The fourth-order valence-corrected chi connectivity index (χ4v) is 7.07. The number of amides is 3. The lowest BCUT2D eigenvalue weighted by atomic mass is 9.93. The zero-order valence-electron chi connectivity index (χ0n) is 33.4. The number of anilines is 1. The molecule has 2 rings (SSSR count). The lowest BCUT2D eigenvalue weighted by molar-refractivity contribution is -0.149. The lowest BCUT2D eigenvalue weighted by Crippen LogP contribution is -2.54. The number of nitrogens with zero attached hydrogens (tertiary/aromatic N) is 3. The molecule has 1 heterocycles. The molecule has 1 unspecified atom stereocenters. The van der Waals surface area contributed by atoms with Crippen molar-refractivity contribution in [3.8, 4) is 5.75 Å². The summed E-state index contributed by atoms with van der Waals surface area (Å²) >= 11 is 1.14. The molecule has 3 amide bonds. The van der Waals surface area contributed by atoms with Gasteiger partial charge in [0.05, 0.1) is 11.6 Å². The van der Waals surface area contributed by atoms with Crippen LogP contribution in [0.2, 0.25) is 0 Å². The Morgan fingerprint density at radius 2 is 1.69 bits per heavy atom. The summed E-state index contributed by atoms with van der Waals surface area (Å²) in [6.45, 7) is 11.6. The molecule has 0 radical (unpaired) electrons. The Balaban J connectivity index is 2.27. The topological polar surface area (TPSA) is 204 Å². The van der Waals surface area contributed by atoms with E-state index >= 15 is 0 Å². The van der Waals surface area contributed by atoms with Crippen LogP contribution in [0.4, 0.5) is 5.69 Å². The van der Waals surface area contributed by atoms with E-state index in [0.717, 1.165) is 37.1 Å². The highest BCUT2D eigenvalue weighted by Gasteiger charge is 2.35. The standard InChI is InChI=1S/C39H62N6O8S/c1-10-24(4)35(43-34(48)14-12-11-13-17-44(7)8)38(50)45(9)31(23(2)3)21-33(53-26(6)46)37-42-30(22-54-37)36(49)41-28(18-25(5)39(51)52)19-27-15-16-32(47)29(40)20-27/h15-16,20,22-25,28,31,33,35,47H,10-14,17-19,21,40H2,1-9H3,(H,41,49)(H,43,48)(H,51,52)/t24-,25?,28+,31+,33+,35+/m0/s1. The fourth-order valence-electron chi connectivity index (χ4n) is 6.23. The molecular weight excluding hydrogens is 713 g/mol. The highest BCUT2D eigenvalue weighted by atomic mass is 32.1. The molecular formula is C39H62N6O8S. The van der Waals surface area contributed by atoms with Gasteiger partial charge in [0, 0.05) is 44.3 Å². The van der Waals surface area contributed by atoms with Gasteiger partial charge in [0.15, 0.2) is 6.10 Å². The number of thiazole rings is 1. The Kier molecular flexibility index (Phi) is 18.9. The van der Waals surface area contributed by atoms with Crippen molar-refractivity contribution in [3.05, 3.63) is 39.8 Å². The maximum atomic E-state index is 14.1. The monoisotopic (exact) mass is 774 g/mol. The number of carbonyl (C=O) groups excluding carboxylic acids is 4. The van der Waals surface area contributed by atoms with Crippen LogP contribution in [0, 0.1) is 17.8 Å². The Morgan fingerprint density at radius 1 is 1.00 bits per heavy atom. The number of phenols is 1. The SMILES string of the molecule is CC[C@H](C)[C@@H](NC(=O)CCCCCN(C)C)C(=O)N(C)[C@H](C[C@@H](OC(C)=O)c1nc(C(=O)N[C@@H](Cc2ccc(O)c(N)c2)CC(C)C(=O)O)cs1)C(C)C. The van der Waals surface area contributed by atoms with Crippen molar-refractivity contribution in [1.29, 1.82) is 0 Å². The molecule has 2 aromatic rings. The van der Waals surface area contributed by atoms with Gasteiger partial charge in [-0.25, -0.2) is 4.98 Å². The summed E-state index contributed by atoms with van der Waals surface area (Å²) in [5.41, 5.74) is 6.79. The second-order valence-corrected chi connectivity index (χ2v) is 15.8. The summed E-state index contributed by atoms with van der Waals surface area (Å²) in [5.74, 6) is -3.53. The molecule has 14 nitrogen and oxygen atoms in total. The molecule has 0 fully saturated rings. The summed E-state index contributed by atoms with van der Waals surface area (Å²) in [6, 6.07) is 2.92. The molecule has 0 saturated carbocycles. The van der Waals surface area contributed by atoms with Crippen LogP contribution in [0.3, 0.4) is 0 Å². The number of carbonyl (C=O) groups is 5. The van der Waals surface area contributed by atoms with Gasteiger partial charge < -0.3 is 41.1 Å². The molecule has 54 heavy (non-hydrogen) atoms. The number of esters is 1. The van der Waals surface area contributed by atoms with Crippen LogP contribution in [0.1, 0.15) is 114 Å². The zero-order valence-corrected chi connectivity index (χ0v) is 34.2. The second kappa shape index (κ2) is 22.2. The normalized spacial score (nSPS) is 14.8. The highest BCUT2D eigenvalue weighted by Crippen LogP contribution is 2.31. The summed E-state index contributed by atoms with van der Waals surface area (Å²) in [4.78, 5) is 72.9. The quantitative estimate of drug-likeness (QED) is 0.0439. The van der Waals surface area contributed by atoms with Gasteiger partial charge in [-0.05, 0) is 75.9 Å². The number of phenolic OH excluding ortho intramolecular Hbond substituents is 1. The molecule has 0 saturated heterocycles. The molecule has 1 aromatic carbocycles. The number of aromatic nitrogens is 1. The predicted molar refractivity (Wildman–Crippen MR) is 210 cm³/mol. The largest absolute Gasteiger partial charge is 0.506 e. The number of carboxylic acid groups (broad SMARTS) is 1. The van der Waals surface area contributed by atoms with Crippen molar-refractivity contribution < 1.29 is 38.9 Å². The van der Waals surface area contributed by atoms with Crippen molar-refractivity contribution in [3.63, 3.8) is 0 Å². The number of aliphatic carboxylic acids is 1.